The van der Waals surface area contributed by atoms with Gasteiger partial charge in [-0.15, -0.1) is 12.2 Å². The van der Waals surface area contributed by atoms with E-state index in [1.54, 1.807) is 20.8 Å². The van der Waals surface area contributed by atoms with E-state index in [2.05, 4.69) is 42.9 Å². The molecule has 0 spiro atoms. The van der Waals surface area contributed by atoms with Gasteiger partial charge >= 0.3 is 0 Å². The maximum atomic E-state index is 7.57. The Bertz CT molecular complexity index is 285. The van der Waals surface area contributed by atoms with Gasteiger partial charge in [0.1, 0.15) is 0 Å². The van der Waals surface area contributed by atoms with Gasteiger partial charge in [-0.05, 0) is 33.6 Å². The topological polar surface area (TPSA) is 60.7 Å². The summed E-state index contributed by atoms with van der Waals surface area (Å²) in [6, 6.07) is 0. The Morgan fingerprint density at radius 2 is 1.10 bits per heavy atom. The van der Waals surface area contributed by atoms with E-state index in [4.69, 9.17) is 15.3 Å². The second-order valence-corrected chi connectivity index (χ2v) is 3.84. The minimum Gasteiger partial charge on any atom is -0.397 e. The molecule has 120 valence electrons. The van der Waals surface area contributed by atoms with Crippen molar-refractivity contribution >= 4 is 0 Å². The molecule has 0 saturated carbocycles. The van der Waals surface area contributed by atoms with Gasteiger partial charge in [-0.3, -0.25) is 0 Å². The van der Waals surface area contributed by atoms with E-state index in [9.17, 15) is 0 Å². The number of rotatable bonds is 2. The average molecular weight is 329 g/mol. The van der Waals surface area contributed by atoms with E-state index in [0.717, 1.165) is 12.8 Å². The third-order valence-electron chi connectivity index (χ3n) is 1.97. The van der Waals surface area contributed by atoms with E-state index in [-0.39, 0.29) is 41.5 Å². The maximum Gasteiger partial charge on any atom is 0.0402 e. The van der Waals surface area contributed by atoms with Gasteiger partial charge in [0.05, 0.1) is 0 Å². The number of hydrogen-bond donors (Lipinski definition) is 3. The second kappa shape index (κ2) is 21.7. The van der Waals surface area contributed by atoms with Crippen LogP contribution in [0.1, 0.15) is 33.6 Å². The second-order valence-electron chi connectivity index (χ2n) is 3.84. The fourth-order valence-electron chi connectivity index (χ4n) is 1.38. The van der Waals surface area contributed by atoms with Gasteiger partial charge in [0.25, 0.3) is 0 Å². The van der Waals surface area contributed by atoms with E-state index < -0.39 is 0 Å². The quantitative estimate of drug-likeness (QED) is 0.539. The summed E-state index contributed by atoms with van der Waals surface area (Å²) in [7, 11) is 0. The Balaban J connectivity index is -0.000000276. The first-order valence-corrected chi connectivity index (χ1v) is 7.08. The molecule has 0 aliphatic heterocycles. The van der Waals surface area contributed by atoms with E-state index in [1.165, 1.54) is 11.1 Å². The molecule has 0 aromatic carbocycles. The third-order valence-corrected chi connectivity index (χ3v) is 1.97. The molecular weight excluding hydrogens is 300 g/mol. The van der Waals surface area contributed by atoms with Crippen molar-refractivity contribution in [1.29, 1.82) is 0 Å². The summed E-state index contributed by atoms with van der Waals surface area (Å²) in [6.45, 7) is 5.79. The smallest absolute Gasteiger partial charge is 0.0402 e. The predicted molar refractivity (Wildman–Crippen MR) is 86.3 cm³/mol. The van der Waals surface area contributed by atoms with Gasteiger partial charge < -0.3 is 15.3 Å². The molecule has 3 N–H and O–H groups in total. The summed E-state index contributed by atoms with van der Waals surface area (Å²) in [5.41, 5.74) is 2.86. The van der Waals surface area contributed by atoms with Crippen LogP contribution < -0.4 is 0 Å². The van der Waals surface area contributed by atoms with Crippen LogP contribution in [-0.2, 0) is 21.7 Å². The molecule has 2 aliphatic rings. The molecule has 0 saturated heterocycles. The number of hydrogen-bond acceptors (Lipinski definition) is 3. The molecule has 3 nitrogen and oxygen atoms in total. The van der Waals surface area contributed by atoms with Gasteiger partial charge in [-0.25, -0.2) is 0 Å². The van der Waals surface area contributed by atoms with Gasteiger partial charge in [-0.2, -0.15) is 29.7 Å². The van der Waals surface area contributed by atoms with Crippen LogP contribution >= 0.6 is 0 Å². The van der Waals surface area contributed by atoms with Crippen LogP contribution in [0.3, 0.4) is 0 Å². The zero-order chi connectivity index (χ0) is 15.6. The van der Waals surface area contributed by atoms with Crippen LogP contribution in [0.15, 0.2) is 47.6 Å². The van der Waals surface area contributed by atoms with Crippen molar-refractivity contribution in [2.75, 3.05) is 19.8 Å². The van der Waals surface area contributed by atoms with Crippen LogP contribution in [0.5, 0.6) is 0 Å². The fourth-order valence-corrected chi connectivity index (χ4v) is 1.38. The molecule has 0 aromatic heterocycles. The molecule has 0 radical (unpaired) electrons. The first kappa shape index (κ1) is 25.4. The zero-order valence-corrected chi connectivity index (χ0v) is 15.0. The summed E-state index contributed by atoms with van der Waals surface area (Å²) < 4.78 is 0. The molecule has 0 unspecified atom stereocenters. The molecule has 21 heavy (non-hydrogen) atoms. The molecule has 0 aromatic rings. The monoisotopic (exact) mass is 329 g/mol. The van der Waals surface area contributed by atoms with Crippen molar-refractivity contribution in [3.8, 4) is 0 Å². The molecule has 0 amide bonds. The normalized spacial score (nSPS) is 13.2. The fraction of sp³-hybridized carbons (Fsp3) is 0.471. The van der Waals surface area contributed by atoms with Crippen LogP contribution in [0.2, 0.25) is 0 Å². The standard InChI is InChI=1S/C11H11.3C2H6O.Ti/c1-2-6-10(5-1)9-11-7-3-4-8-11;3*1-2-3;/h1-5,7,9H,6,8H2;3*3H,2H2,1H3;/q-1;;;;. The van der Waals surface area contributed by atoms with Crippen LogP contribution in [-0.4, -0.2) is 35.1 Å². The zero-order valence-electron chi connectivity index (χ0n) is 13.4. The summed E-state index contributed by atoms with van der Waals surface area (Å²) in [5, 5.41) is 22.7. The van der Waals surface area contributed by atoms with Gasteiger partial charge in [0.2, 0.25) is 0 Å². The molecule has 0 heterocycles. The molecule has 2 aliphatic carbocycles. The first-order chi connectivity index (χ1) is 9.69. The van der Waals surface area contributed by atoms with Gasteiger partial charge in [0.15, 0.2) is 0 Å². The van der Waals surface area contributed by atoms with Crippen LogP contribution in [0.4, 0.5) is 0 Å². The number of aliphatic hydroxyl groups is 3. The largest absolute Gasteiger partial charge is 0.397 e. The van der Waals surface area contributed by atoms with Crippen LogP contribution in [0, 0.1) is 6.42 Å². The number of allylic oxidation sites excluding steroid dienone is 8. The summed E-state index contributed by atoms with van der Waals surface area (Å²) in [6.07, 6.45) is 17.5. The Hall–Kier alpha value is -0.576. The maximum absolute atomic E-state index is 7.57. The minimum absolute atomic E-state index is 0. The van der Waals surface area contributed by atoms with E-state index in [1.807, 2.05) is 0 Å². The van der Waals surface area contributed by atoms with Crippen LogP contribution in [0.25, 0.3) is 0 Å². The first-order valence-electron chi connectivity index (χ1n) is 7.08. The SMILES string of the molecule is C1=CCC([CH-]C2=CC=CC2)=C1.CCO.CCO.CCO.[Ti]. The van der Waals surface area contributed by atoms with Gasteiger partial charge in [-0.1, -0.05) is 12.2 Å². The Labute approximate surface area is 144 Å². The Kier molecular flexibility index (Phi) is 26.2. The Morgan fingerprint density at radius 3 is 1.29 bits per heavy atom. The van der Waals surface area contributed by atoms with Crippen molar-refractivity contribution in [2.24, 2.45) is 0 Å². The molecule has 4 heteroatoms. The summed E-state index contributed by atoms with van der Waals surface area (Å²) in [5.74, 6) is 0. The van der Waals surface area contributed by atoms with E-state index in [0.29, 0.717) is 0 Å². The molecule has 0 bridgehead atoms. The third kappa shape index (κ3) is 19.4. The average Bonchev–Trinajstić information content (AvgIpc) is 3.06. The van der Waals surface area contributed by atoms with Crippen molar-refractivity contribution in [2.45, 2.75) is 33.6 Å². The number of aliphatic hydroxyl groups excluding tert-OH is 3. The molecular formula is C17H29O3Ti-. The van der Waals surface area contributed by atoms with Crippen molar-refractivity contribution in [1.82, 2.24) is 0 Å². The Morgan fingerprint density at radius 1 is 0.810 bits per heavy atom. The summed E-state index contributed by atoms with van der Waals surface area (Å²) >= 11 is 0. The minimum atomic E-state index is 0. The van der Waals surface area contributed by atoms with Crippen molar-refractivity contribution in [3.63, 3.8) is 0 Å². The van der Waals surface area contributed by atoms with Crippen molar-refractivity contribution < 1.29 is 37.0 Å². The molecule has 0 atom stereocenters. The predicted octanol–water partition coefficient (Wildman–Crippen LogP) is 2.96. The molecule has 0 fully saturated rings. The van der Waals surface area contributed by atoms with Gasteiger partial charge in [0, 0.05) is 41.5 Å². The van der Waals surface area contributed by atoms with Crippen molar-refractivity contribution in [3.05, 3.63) is 54.0 Å². The van der Waals surface area contributed by atoms with E-state index >= 15 is 0 Å². The summed E-state index contributed by atoms with van der Waals surface area (Å²) in [4.78, 5) is 0. The molecule has 2 rings (SSSR count).